The van der Waals surface area contributed by atoms with Gasteiger partial charge in [0, 0.05) is 16.8 Å². The number of anilines is 1. The molecule has 0 saturated heterocycles. The molecule has 108 valence electrons. The lowest BCUT2D eigenvalue weighted by molar-refractivity contribution is 0.414. The smallest absolute Gasteiger partial charge is 0.225 e. The van der Waals surface area contributed by atoms with Crippen LogP contribution in [0.4, 0.5) is 5.95 Å². The van der Waals surface area contributed by atoms with E-state index in [1.165, 1.54) is 4.88 Å². The number of nitrogens with zero attached hydrogens (tertiary/aromatic N) is 2. The molecule has 0 aliphatic carbocycles. The Hall–Kier alpha value is -1.85. The average Bonchev–Trinajstić information content (AvgIpc) is 2.87. The molecule has 0 aliphatic rings. The van der Waals surface area contributed by atoms with E-state index in [2.05, 4.69) is 15.3 Å². The molecule has 0 fully saturated rings. The van der Waals surface area contributed by atoms with Gasteiger partial charge in [-0.15, -0.1) is 11.3 Å². The fourth-order valence-electron chi connectivity index (χ4n) is 2.01. The molecule has 0 spiro atoms. The highest BCUT2D eigenvalue weighted by molar-refractivity contribution is 7.18. The summed E-state index contributed by atoms with van der Waals surface area (Å²) < 4.78 is 5.14. The van der Waals surface area contributed by atoms with Crippen molar-refractivity contribution in [3.63, 3.8) is 0 Å². The Labute approximate surface area is 131 Å². The minimum Gasteiger partial charge on any atom is -0.497 e. The van der Waals surface area contributed by atoms with Gasteiger partial charge in [-0.3, -0.25) is 0 Å². The zero-order valence-corrected chi connectivity index (χ0v) is 13.3. The molecule has 0 aliphatic heterocycles. The highest BCUT2D eigenvalue weighted by atomic mass is 35.5. The summed E-state index contributed by atoms with van der Waals surface area (Å²) in [5.41, 5.74) is 1.12. The van der Waals surface area contributed by atoms with Crippen LogP contribution in [0.3, 0.4) is 0 Å². The lowest BCUT2D eigenvalue weighted by Gasteiger charge is -2.06. The van der Waals surface area contributed by atoms with Crippen molar-refractivity contribution in [3.8, 4) is 5.75 Å². The normalized spacial score (nSPS) is 10.8. The first kappa shape index (κ1) is 14.1. The van der Waals surface area contributed by atoms with Crippen molar-refractivity contribution < 1.29 is 4.74 Å². The number of nitrogens with one attached hydrogen (secondary N) is 1. The molecule has 3 rings (SSSR count). The number of benzene rings is 1. The predicted molar refractivity (Wildman–Crippen MR) is 87.5 cm³/mol. The second-order valence-electron chi connectivity index (χ2n) is 4.62. The number of aryl methyl sites for hydroxylation is 1. The summed E-state index contributed by atoms with van der Waals surface area (Å²) in [6, 6.07) is 9.87. The number of hydrogen-bond donors (Lipinski definition) is 1. The molecule has 21 heavy (non-hydrogen) atoms. The number of ether oxygens (including phenoxy) is 1. The Balaban J connectivity index is 1.77. The first-order valence-electron chi connectivity index (χ1n) is 6.46. The number of hydrogen-bond acceptors (Lipinski definition) is 5. The molecule has 6 heteroatoms. The highest BCUT2D eigenvalue weighted by Gasteiger charge is 2.08. The van der Waals surface area contributed by atoms with Gasteiger partial charge < -0.3 is 10.1 Å². The molecular weight excluding hydrogens is 306 g/mol. The molecule has 2 heterocycles. The van der Waals surface area contributed by atoms with Gasteiger partial charge in [-0.2, -0.15) is 0 Å². The van der Waals surface area contributed by atoms with Crippen LogP contribution in [-0.4, -0.2) is 17.1 Å². The van der Waals surface area contributed by atoms with E-state index in [1.54, 1.807) is 18.4 Å². The summed E-state index contributed by atoms with van der Waals surface area (Å²) >= 11 is 7.81. The van der Waals surface area contributed by atoms with Crippen LogP contribution in [0.15, 0.2) is 30.3 Å². The molecule has 0 unspecified atom stereocenters. The summed E-state index contributed by atoms with van der Waals surface area (Å²) in [5, 5.41) is 4.60. The van der Waals surface area contributed by atoms with Crippen molar-refractivity contribution in [2.75, 3.05) is 12.4 Å². The predicted octanol–water partition coefficient (Wildman–Crippen LogP) is 4.27. The Morgan fingerprint density at radius 1 is 1.24 bits per heavy atom. The Kier molecular flexibility index (Phi) is 3.94. The number of aromatic nitrogens is 2. The third-order valence-corrected chi connectivity index (χ3v) is 4.31. The number of fused-ring (bicyclic) bond motifs is 1. The van der Waals surface area contributed by atoms with E-state index in [0.717, 1.165) is 21.5 Å². The molecule has 0 amide bonds. The number of methoxy groups -OCH3 is 1. The van der Waals surface area contributed by atoms with Gasteiger partial charge in [0.25, 0.3) is 0 Å². The van der Waals surface area contributed by atoms with Crippen LogP contribution < -0.4 is 10.1 Å². The quantitative estimate of drug-likeness (QED) is 0.729. The van der Waals surface area contributed by atoms with Crippen LogP contribution in [0.2, 0.25) is 5.15 Å². The van der Waals surface area contributed by atoms with E-state index in [9.17, 15) is 0 Å². The van der Waals surface area contributed by atoms with Crippen LogP contribution >= 0.6 is 22.9 Å². The van der Waals surface area contributed by atoms with Gasteiger partial charge in [-0.05, 0) is 30.7 Å². The van der Waals surface area contributed by atoms with Gasteiger partial charge in [0.2, 0.25) is 5.95 Å². The molecule has 1 N–H and O–H groups in total. The first-order chi connectivity index (χ1) is 10.2. The fourth-order valence-corrected chi connectivity index (χ4v) is 3.17. The van der Waals surface area contributed by atoms with Gasteiger partial charge in [0.15, 0.2) is 0 Å². The molecule has 1 aromatic carbocycles. The maximum absolute atomic E-state index is 6.20. The number of rotatable bonds is 4. The molecule has 0 radical (unpaired) electrons. The highest BCUT2D eigenvalue weighted by Crippen LogP contribution is 2.29. The Morgan fingerprint density at radius 3 is 2.71 bits per heavy atom. The summed E-state index contributed by atoms with van der Waals surface area (Å²) in [6.45, 7) is 2.67. The SMILES string of the molecule is COc1ccc(CNc2nc(Cl)c3cc(C)sc3n2)cc1. The number of halogens is 1. The molecule has 0 saturated carbocycles. The minimum absolute atomic E-state index is 0.488. The maximum Gasteiger partial charge on any atom is 0.225 e. The van der Waals surface area contributed by atoms with Crippen LogP contribution in [0.25, 0.3) is 10.2 Å². The maximum atomic E-state index is 6.20. The van der Waals surface area contributed by atoms with Gasteiger partial charge in [0.1, 0.15) is 15.7 Å². The summed E-state index contributed by atoms with van der Waals surface area (Å²) in [4.78, 5) is 10.9. The summed E-state index contributed by atoms with van der Waals surface area (Å²) in [5.74, 6) is 1.39. The zero-order chi connectivity index (χ0) is 14.8. The molecule has 2 aromatic heterocycles. The standard InChI is InChI=1S/C15H14ClN3OS/c1-9-7-12-13(16)18-15(19-14(12)21-9)17-8-10-3-5-11(20-2)6-4-10/h3-7H,8H2,1-2H3,(H,17,18,19). The lowest BCUT2D eigenvalue weighted by Crippen LogP contribution is -2.03. The van der Waals surface area contributed by atoms with Gasteiger partial charge in [0.05, 0.1) is 7.11 Å². The van der Waals surface area contributed by atoms with Crippen LogP contribution in [0.5, 0.6) is 5.75 Å². The van der Waals surface area contributed by atoms with Crippen molar-refractivity contribution >= 4 is 39.1 Å². The monoisotopic (exact) mass is 319 g/mol. The second-order valence-corrected chi connectivity index (χ2v) is 6.21. The Morgan fingerprint density at radius 2 is 2.00 bits per heavy atom. The van der Waals surface area contributed by atoms with E-state index in [0.29, 0.717) is 17.6 Å². The van der Waals surface area contributed by atoms with E-state index < -0.39 is 0 Å². The Bertz CT molecular complexity index is 770. The largest absolute Gasteiger partial charge is 0.497 e. The van der Waals surface area contributed by atoms with Crippen molar-refractivity contribution in [2.45, 2.75) is 13.5 Å². The van der Waals surface area contributed by atoms with E-state index in [4.69, 9.17) is 16.3 Å². The van der Waals surface area contributed by atoms with E-state index >= 15 is 0 Å². The summed E-state index contributed by atoms with van der Waals surface area (Å²) in [7, 11) is 1.65. The van der Waals surface area contributed by atoms with Crippen molar-refractivity contribution in [1.29, 1.82) is 0 Å². The van der Waals surface area contributed by atoms with E-state index in [-0.39, 0.29) is 0 Å². The molecule has 4 nitrogen and oxygen atoms in total. The molecule has 0 bridgehead atoms. The molecule has 3 aromatic rings. The number of thiophene rings is 1. The van der Waals surface area contributed by atoms with Crippen LogP contribution in [-0.2, 0) is 6.54 Å². The minimum atomic E-state index is 0.488. The average molecular weight is 320 g/mol. The molecular formula is C15H14ClN3OS. The first-order valence-corrected chi connectivity index (χ1v) is 7.65. The third-order valence-electron chi connectivity index (χ3n) is 3.08. The summed E-state index contributed by atoms with van der Waals surface area (Å²) in [6.07, 6.45) is 0. The van der Waals surface area contributed by atoms with Crippen molar-refractivity contribution in [3.05, 3.63) is 45.9 Å². The van der Waals surface area contributed by atoms with Crippen LogP contribution in [0, 0.1) is 6.92 Å². The van der Waals surface area contributed by atoms with Gasteiger partial charge >= 0.3 is 0 Å². The van der Waals surface area contributed by atoms with Crippen molar-refractivity contribution in [2.24, 2.45) is 0 Å². The lowest BCUT2D eigenvalue weighted by atomic mass is 10.2. The van der Waals surface area contributed by atoms with E-state index in [1.807, 2.05) is 37.3 Å². The van der Waals surface area contributed by atoms with Gasteiger partial charge in [-0.1, -0.05) is 23.7 Å². The second kappa shape index (κ2) is 5.87. The zero-order valence-electron chi connectivity index (χ0n) is 11.7. The third kappa shape index (κ3) is 3.09. The topological polar surface area (TPSA) is 47.0 Å². The fraction of sp³-hybridized carbons (Fsp3) is 0.200. The van der Waals surface area contributed by atoms with Crippen LogP contribution in [0.1, 0.15) is 10.4 Å². The molecule has 0 atom stereocenters. The van der Waals surface area contributed by atoms with Gasteiger partial charge in [-0.25, -0.2) is 9.97 Å². The van der Waals surface area contributed by atoms with Crippen molar-refractivity contribution in [1.82, 2.24) is 9.97 Å².